The summed E-state index contributed by atoms with van der Waals surface area (Å²) in [6.07, 6.45) is 0.950. The van der Waals surface area contributed by atoms with E-state index in [0.29, 0.717) is 5.92 Å². The van der Waals surface area contributed by atoms with Gasteiger partial charge in [0.05, 0.1) is 6.61 Å². The van der Waals surface area contributed by atoms with Crippen LogP contribution in [-0.2, 0) is 9.53 Å². The zero-order chi connectivity index (χ0) is 13.4. The van der Waals surface area contributed by atoms with E-state index in [0.717, 1.165) is 13.0 Å². The number of rotatable bonds is 9. The molecule has 2 atom stereocenters. The van der Waals surface area contributed by atoms with Gasteiger partial charge in [-0.2, -0.15) is 0 Å². The van der Waals surface area contributed by atoms with E-state index in [1.807, 2.05) is 14.1 Å². The van der Waals surface area contributed by atoms with Gasteiger partial charge in [0.25, 0.3) is 0 Å². The van der Waals surface area contributed by atoms with Crippen molar-refractivity contribution >= 4 is 5.97 Å². The molecule has 0 bridgehead atoms. The maximum atomic E-state index is 11.0. The number of hydrogen-bond donors (Lipinski definition) is 2. The molecule has 0 saturated carbocycles. The lowest BCUT2D eigenvalue weighted by Gasteiger charge is -2.27. The number of methoxy groups -OCH3 is 1. The summed E-state index contributed by atoms with van der Waals surface area (Å²) in [5.74, 6) is -0.330. The minimum atomic E-state index is -0.862. The number of carboxylic acid groups (broad SMARTS) is 1. The zero-order valence-corrected chi connectivity index (χ0v) is 11.6. The van der Waals surface area contributed by atoms with Gasteiger partial charge in [-0.25, -0.2) is 0 Å². The van der Waals surface area contributed by atoms with Gasteiger partial charge in [0.1, 0.15) is 6.04 Å². The Hall–Kier alpha value is -0.650. The van der Waals surface area contributed by atoms with Crippen LogP contribution in [0.4, 0.5) is 0 Å². The van der Waals surface area contributed by atoms with Gasteiger partial charge < -0.3 is 14.7 Å². The second-order valence-electron chi connectivity index (χ2n) is 5.10. The van der Waals surface area contributed by atoms with Crippen LogP contribution in [0.3, 0.4) is 0 Å². The van der Waals surface area contributed by atoms with E-state index in [1.165, 1.54) is 7.11 Å². The third-order valence-corrected chi connectivity index (χ3v) is 2.41. The summed E-state index contributed by atoms with van der Waals surface area (Å²) in [5.41, 5.74) is 0. The minimum absolute atomic E-state index is 0.168. The molecule has 0 heterocycles. The highest BCUT2D eigenvalue weighted by atomic mass is 16.5. The molecular weight excluding hydrogens is 220 g/mol. The average Bonchev–Trinajstić information content (AvgIpc) is 2.14. The molecule has 0 aliphatic rings. The van der Waals surface area contributed by atoms with Gasteiger partial charge in [0.15, 0.2) is 0 Å². The fourth-order valence-electron chi connectivity index (χ4n) is 1.85. The third kappa shape index (κ3) is 8.12. The highest BCUT2D eigenvalue weighted by molar-refractivity contribution is 5.73. The first kappa shape index (κ1) is 16.4. The molecule has 0 saturated heterocycles. The van der Waals surface area contributed by atoms with Gasteiger partial charge in [-0.1, -0.05) is 13.8 Å². The Morgan fingerprint density at radius 1 is 1.41 bits per heavy atom. The second-order valence-corrected chi connectivity index (χ2v) is 5.10. The molecule has 0 aliphatic carbocycles. The average molecular weight is 246 g/mol. The number of likely N-dealkylation sites (N-methyl/N-ethyl adjacent to an activating group) is 1. The number of hydrogen-bond acceptors (Lipinski definition) is 4. The number of nitrogens with one attached hydrogen (secondary N) is 1. The first-order valence-electron chi connectivity index (χ1n) is 5.99. The Labute approximate surface area is 104 Å². The Bertz CT molecular complexity index is 210. The Morgan fingerprint density at radius 3 is 2.35 bits per heavy atom. The van der Waals surface area contributed by atoms with Crippen LogP contribution >= 0.6 is 0 Å². The van der Waals surface area contributed by atoms with E-state index in [4.69, 9.17) is 9.84 Å². The lowest BCUT2D eigenvalue weighted by molar-refractivity contribution is -0.141. The second kappa shape index (κ2) is 8.44. The van der Waals surface area contributed by atoms with Crippen molar-refractivity contribution in [1.82, 2.24) is 10.2 Å². The van der Waals surface area contributed by atoms with Gasteiger partial charge in [0, 0.05) is 19.7 Å². The van der Waals surface area contributed by atoms with Crippen molar-refractivity contribution in [2.24, 2.45) is 5.92 Å². The van der Waals surface area contributed by atoms with Gasteiger partial charge in [0.2, 0.25) is 0 Å². The van der Waals surface area contributed by atoms with Crippen molar-refractivity contribution in [3.63, 3.8) is 0 Å². The summed E-state index contributed by atoms with van der Waals surface area (Å²) in [4.78, 5) is 13.1. The van der Waals surface area contributed by atoms with Crippen LogP contribution < -0.4 is 5.32 Å². The number of carboxylic acids is 1. The molecule has 17 heavy (non-hydrogen) atoms. The highest BCUT2D eigenvalue weighted by Gasteiger charge is 2.22. The van der Waals surface area contributed by atoms with Crippen LogP contribution in [0.15, 0.2) is 0 Å². The standard InChI is InChI=1S/C12H26N2O3/c1-9(2)6-10(7-14(3)4)13-11(8-17-5)12(15)16/h9-11,13H,6-8H2,1-5H3,(H,15,16). The van der Waals surface area contributed by atoms with E-state index in [-0.39, 0.29) is 12.6 Å². The first-order chi connectivity index (χ1) is 7.86. The van der Waals surface area contributed by atoms with Gasteiger partial charge >= 0.3 is 5.97 Å². The largest absolute Gasteiger partial charge is 0.480 e. The van der Waals surface area contributed by atoms with Crippen LogP contribution in [0.2, 0.25) is 0 Å². The van der Waals surface area contributed by atoms with E-state index >= 15 is 0 Å². The normalized spacial score (nSPS) is 15.2. The van der Waals surface area contributed by atoms with Crippen molar-refractivity contribution in [1.29, 1.82) is 0 Å². The van der Waals surface area contributed by atoms with Crippen molar-refractivity contribution in [2.45, 2.75) is 32.4 Å². The van der Waals surface area contributed by atoms with Crippen LogP contribution in [0, 0.1) is 5.92 Å². The van der Waals surface area contributed by atoms with Crippen molar-refractivity contribution in [2.75, 3.05) is 34.4 Å². The predicted molar refractivity (Wildman–Crippen MR) is 68.2 cm³/mol. The lowest BCUT2D eigenvalue weighted by atomic mass is 10.0. The molecule has 2 unspecified atom stereocenters. The van der Waals surface area contributed by atoms with E-state index in [9.17, 15) is 4.79 Å². The number of ether oxygens (including phenoxy) is 1. The summed E-state index contributed by atoms with van der Waals surface area (Å²) in [6, 6.07) is -0.468. The summed E-state index contributed by atoms with van der Waals surface area (Å²) < 4.78 is 4.92. The summed E-state index contributed by atoms with van der Waals surface area (Å²) in [6.45, 7) is 5.29. The number of carbonyl (C=O) groups is 1. The summed E-state index contributed by atoms with van der Waals surface area (Å²) in [7, 11) is 5.49. The SMILES string of the molecule is COCC(NC(CC(C)C)CN(C)C)C(=O)O. The zero-order valence-electron chi connectivity index (χ0n) is 11.6. The van der Waals surface area contributed by atoms with Crippen molar-refractivity contribution in [3.8, 4) is 0 Å². The molecule has 0 aromatic rings. The number of aliphatic carboxylic acids is 1. The maximum Gasteiger partial charge on any atom is 0.323 e. The fourth-order valence-corrected chi connectivity index (χ4v) is 1.85. The molecule has 5 nitrogen and oxygen atoms in total. The first-order valence-corrected chi connectivity index (χ1v) is 5.99. The molecule has 5 heteroatoms. The highest BCUT2D eigenvalue weighted by Crippen LogP contribution is 2.06. The molecule has 0 rings (SSSR count). The molecule has 0 aliphatic heterocycles. The van der Waals surface area contributed by atoms with Gasteiger partial charge in [-0.05, 0) is 26.4 Å². The third-order valence-electron chi connectivity index (χ3n) is 2.41. The predicted octanol–water partition coefficient (Wildman–Crippen LogP) is 0.652. The molecule has 0 spiro atoms. The summed E-state index contributed by atoms with van der Waals surface area (Å²) >= 11 is 0. The Morgan fingerprint density at radius 2 is 2.00 bits per heavy atom. The molecule has 2 N–H and O–H groups in total. The smallest absolute Gasteiger partial charge is 0.323 e. The number of nitrogens with zero attached hydrogens (tertiary/aromatic N) is 1. The Kier molecular flexibility index (Phi) is 8.12. The lowest BCUT2D eigenvalue weighted by Crippen LogP contribution is -2.50. The molecule has 102 valence electrons. The molecule has 0 amide bonds. The Balaban J connectivity index is 4.40. The fraction of sp³-hybridized carbons (Fsp3) is 0.917. The molecule has 0 radical (unpaired) electrons. The van der Waals surface area contributed by atoms with Gasteiger partial charge in [-0.15, -0.1) is 0 Å². The molecule has 0 fully saturated rings. The van der Waals surface area contributed by atoms with Gasteiger partial charge in [-0.3, -0.25) is 10.1 Å². The molecule has 0 aromatic carbocycles. The summed E-state index contributed by atoms with van der Waals surface area (Å²) in [5, 5.41) is 12.2. The van der Waals surface area contributed by atoms with E-state index in [2.05, 4.69) is 24.1 Å². The van der Waals surface area contributed by atoms with E-state index in [1.54, 1.807) is 0 Å². The maximum absolute atomic E-state index is 11.0. The monoisotopic (exact) mass is 246 g/mol. The van der Waals surface area contributed by atoms with Crippen LogP contribution in [0.1, 0.15) is 20.3 Å². The topological polar surface area (TPSA) is 61.8 Å². The minimum Gasteiger partial charge on any atom is -0.480 e. The quantitative estimate of drug-likeness (QED) is 0.625. The van der Waals surface area contributed by atoms with Crippen LogP contribution in [0.5, 0.6) is 0 Å². The van der Waals surface area contributed by atoms with E-state index < -0.39 is 12.0 Å². The van der Waals surface area contributed by atoms with Crippen molar-refractivity contribution < 1.29 is 14.6 Å². The van der Waals surface area contributed by atoms with Crippen molar-refractivity contribution in [3.05, 3.63) is 0 Å². The van der Waals surface area contributed by atoms with Crippen LogP contribution in [0.25, 0.3) is 0 Å². The molecule has 0 aromatic heterocycles. The van der Waals surface area contributed by atoms with Crippen LogP contribution in [-0.4, -0.2) is 62.4 Å². The molecular formula is C12H26N2O3.